The van der Waals surface area contributed by atoms with Crippen molar-refractivity contribution in [3.63, 3.8) is 0 Å². The molecule has 1 aromatic heterocycles. The minimum absolute atomic E-state index is 0.131. The smallest absolute Gasteiger partial charge is 0.258 e. The summed E-state index contributed by atoms with van der Waals surface area (Å²) in [4.78, 5) is 30.9. The molecule has 4 nitrogen and oxygen atoms in total. The maximum atomic E-state index is 13.5. The van der Waals surface area contributed by atoms with Gasteiger partial charge in [0.25, 0.3) is 11.5 Å². The lowest BCUT2D eigenvalue weighted by molar-refractivity contribution is 0.0985. The van der Waals surface area contributed by atoms with Crippen LogP contribution in [-0.2, 0) is 6.54 Å². The van der Waals surface area contributed by atoms with E-state index in [9.17, 15) is 9.59 Å². The quantitative estimate of drug-likeness (QED) is 0.509. The Hall–Kier alpha value is -3.66. The highest BCUT2D eigenvalue weighted by Gasteiger charge is 2.21. The summed E-state index contributed by atoms with van der Waals surface area (Å²) < 4.78 is 0. The predicted molar refractivity (Wildman–Crippen MR) is 122 cm³/mol. The molecule has 0 bridgehead atoms. The SMILES string of the molecule is Cc1ccc(C(=O)N(Cc2cc3cc(C)ccc3[nH]c2=O)c2ccccc2C)cc1. The number of hydrogen-bond donors (Lipinski definition) is 1. The van der Waals surface area contributed by atoms with Crippen LogP contribution in [0, 0.1) is 20.8 Å². The summed E-state index contributed by atoms with van der Waals surface area (Å²) in [7, 11) is 0. The van der Waals surface area contributed by atoms with Crippen molar-refractivity contribution in [1.29, 1.82) is 0 Å². The van der Waals surface area contributed by atoms with Gasteiger partial charge in [-0.05, 0) is 68.1 Å². The Balaban J connectivity index is 1.80. The molecule has 0 saturated heterocycles. The molecule has 0 fully saturated rings. The van der Waals surface area contributed by atoms with Gasteiger partial charge in [-0.1, -0.05) is 47.5 Å². The van der Waals surface area contributed by atoms with E-state index in [4.69, 9.17) is 0 Å². The Morgan fingerprint density at radius 2 is 1.57 bits per heavy atom. The van der Waals surface area contributed by atoms with Crippen LogP contribution >= 0.6 is 0 Å². The number of hydrogen-bond acceptors (Lipinski definition) is 2. The van der Waals surface area contributed by atoms with Gasteiger partial charge >= 0.3 is 0 Å². The first-order valence-electron chi connectivity index (χ1n) is 9.99. The van der Waals surface area contributed by atoms with E-state index in [-0.39, 0.29) is 18.0 Å². The summed E-state index contributed by atoms with van der Waals surface area (Å²) in [5.74, 6) is -0.131. The fourth-order valence-electron chi connectivity index (χ4n) is 3.64. The van der Waals surface area contributed by atoms with Crippen LogP contribution in [0.25, 0.3) is 10.9 Å². The first-order chi connectivity index (χ1) is 14.4. The number of rotatable bonds is 4. The molecule has 0 aliphatic carbocycles. The van der Waals surface area contributed by atoms with E-state index in [1.807, 2.05) is 93.6 Å². The lowest BCUT2D eigenvalue weighted by atomic mass is 10.1. The summed E-state index contributed by atoms with van der Waals surface area (Å²) in [6.45, 7) is 6.17. The Kier molecular flexibility index (Phi) is 5.23. The van der Waals surface area contributed by atoms with Gasteiger partial charge in [-0.15, -0.1) is 0 Å². The van der Waals surface area contributed by atoms with Gasteiger partial charge in [0.2, 0.25) is 0 Å². The predicted octanol–water partition coefficient (Wildman–Crippen LogP) is 5.30. The van der Waals surface area contributed by atoms with Crippen LogP contribution in [0.15, 0.2) is 77.6 Å². The molecule has 4 heteroatoms. The Bertz CT molecular complexity index is 1290. The second-order valence-corrected chi connectivity index (χ2v) is 7.76. The lowest BCUT2D eigenvalue weighted by Crippen LogP contribution is -2.33. The number of carbonyl (C=O) groups is 1. The maximum absolute atomic E-state index is 13.5. The number of aromatic amines is 1. The number of aryl methyl sites for hydroxylation is 3. The molecule has 0 aliphatic heterocycles. The van der Waals surface area contributed by atoms with Crippen LogP contribution in [0.3, 0.4) is 0 Å². The highest BCUT2D eigenvalue weighted by atomic mass is 16.2. The number of para-hydroxylation sites is 1. The molecule has 150 valence electrons. The molecular weight excluding hydrogens is 372 g/mol. The van der Waals surface area contributed by atoms with E-state index >= 15 is 0 Å². The summed E-state index contributed by atoms with van der Waals surface area (Å²) in [5.41, 5.74) is 5.75. The van der Waals surface area contributed by atoms with Gasteiger partial charge in [0.1, 0.15) is 0 Å². The van der Waals surface area contributed by atoms with Gasteiger partial charge in [0.15, 0.2) is 0 Å². The standard InChI is InChI=1S/C26H24N2O2/c1-17-8-11-20(12-9-17)26(30)28(24-7-5-4-6-19(24)3)16-22-15-21-14-18(2)10-13-23(21)27-25(22)29/h4-15H,16H2,1-3H3,(H,27,29). The normalized spacial score (nSPS) is 10.9. The van der Waals surface area contributed by atoms with Crippen LogP contribution in [-0.4, -0.2) is 10.9 Å². The van der Waals surface area contributed by atoms with Crippen molar-refractivity contribution in [2.24, 2.45) is 0 Å². The van der Waals surface area contributed by atoms with Crippen molar-refractivity contribution in [1.82, 2.24) is 4.98 Å². The lowest BCUT2D eigenvalue weighted by Gasteiger charge is -2.25. The van der Waals surface area contributed by atoms with E-state index in [1.165, 1.54) is 0 Å². The first-order valence-corrected chi connectivity index (χ1v) is 9.99. The molecular formula is C26H24N2O2. The third-order valence-corrected chi connectivity index (χ3v) is 5.36. The van der Waals surface area contributed by atoms with Gasteiger partial charge < -0.3 is 9.88 Å². The molecule has 0 radical (unpaired) electrons. The van der Waals surface area contributed by atoms with Gasteiger partial charge in [0, 0.05) is 22.3 Å². The van der Waals surface area contributed by atoms with E-state index in [2.05, 4.69) is 4.98 Å². The van der Waals surface area contributed by atoms with Crippen LogP contribution in [0.5, 0.6) is 0 Å². The van der Waals surface area contributed by atoms with E-state index in [1.54, 1.807) is 4.90 Å². The highest BCUT2D eigenvalue weighted by molar-refractivity contribution is 6.06. The molecule has 1 amide bonds. The van der Waals surface area contributed by atoms with E-state index < -0.39 is 0 Å². The monoisotopic (exact) mass is 396 g/mol. The number of anilines is 1. The first kappa shape index (κ1) is 19.6. The molecule has 3 aromatic carbocycles. The second kappa shape index (κ2) is 7.99. The van der Waals surface area contributed by atoms with Crippen LogP contribution in [0.4, 0.5) is 5.69 Å². The van der Waals surface area contributed by atoms with Crippen molar-refractivity contribution in [3.8, 4) is 0 Å². The number of fused-ring (bicyclic) bond motifs is 1. The van der Waals surface area contributed by atoms with Gasteiger partial charge in [0.05, 0.1) is 6.54 Å². The fraction of sp³-hybridized carbons (Fsp3) is 0.154. The van der Waals surface area contributed by atoms with Crippen LogP contribution in [0.1, 0.15) is 32.6 Å². The number of benzene rings is 3. The van der Waals surface area contributed by atoms with Gasteiger partial charge in [-0.3, -0.25) is 9.59 Å². The molecule has 0 unspecified atom stereocenters. The number of aromatic nitrogens is 1. The highest BCUT2D eigenvalue weighted by Crippen LogP contribution is 2.24. The number of nitrogens with zero attached hydrogens (tertiary/aromatic N) is 1. The molecule has 1 N–H and O–H groups in total. The summed E-state index contributed by atoms with van der Waals surface area (Å²) in [6, 6.07) is 23.1. The van der Waals surface area contributed by atoms with Gasteiger partial charge in [-0.2, -0.15) is 0 Å². The largest absolute Gasteiger partial charge is 0.322 e. The minimum Gasteiger partial charge on any atom is -0.322 e. The third-order valence-electron chi connectivity index (χ3n) is 5.36. The zero-order valence-electron chi connectivity index (χ0n) is 17.4. The van der Waals surface area contributed by atoms with Crippen molar-refractivity contribution >= 4 is 22.5 Å². The Morgan fingerprint density at radius 1 is 0.867 bits per heavy atom. The van der Waals surface area contributed by atoms with Gasteiger partial charge in [-0.25, -0.2) is 0 Å². The second-order valence-electron chi connectivity index (χ2n) is 7.76. The summed E-state index contributed by atoms with van der Waals surface area (Å²) in [6.07, 6.45) is 0. The Morgan fingerprint density at radius 3 is 2.30 bits per heavy atom. The van der Waals surface area contributed by atoms with E-state index in [0.29, 0.717) is 11.1 Å². The topological polar surface area (TPSA) is 53.2 Å². The third kappa shape index (κ3) is 3.90. The number of carbonyl (C=O) groups excluding carboxylic acids is 1. The molecule has 1 heterocycles. The zero-order chi connectivity index (χ0) is 21.3. The minimum atomic E-state index is -0.179. The number of H-pyrrole nitrogens is 1. The van der Waals surface area contributed by atoms with Crippen LogP contribution in [0.2, 0.25) is 0 Å². The molecule has 0 atom stereocenters. The van der Waals surface area contributed by atoms with E-state index in [0.717, 1.165) is 33.3 Å². The maximum Gasteiger partial charge on any atom is 0.258 e. The molecule has 0 aliphatic rings. The molecule has 4 rings (SSSR count). The Labute approximate surface area is 175 Å². The average molecular weight is 396 g/mol. The summed E-state index contributed by atoms with van der Waals surface area (Å²) in [5, 5.41) is 0.956. The molecule has 0 spiro atoms. The van der Waals surface area contributed by atoms with Crippen molar-refractivity contribution in [2.75, 3.05) is 4.90 Å². The number of amides is 1. The number of nitrogens with one attached hydrogen (secondary N) is 1. The van der Waals surface area contributed by atoms with Crippen molar-refractivity contribution in [3.05, 3.63) is 111 Å². The number of pyridine rings is 1. The average Bonchev–Trinajstić information content (AvgIpc) is 2.73. The fourth-order valence-corrected chi connectivity index (χ4v) is 3.64. The zero-order valence-corrected chi connectivity index (χ0v) is 17.4. The van der Waals surface area contributed by atoms with Crippen molar-refractivity contribution in [2.45, 2.75) is 27.3 Å². The molecule has 0 saturated carbocycles. The van der Waals surface area contributed by atoms with Crippen molar-refractivity contribution < 1.29 is 4.79 Å². The molecule has 30 heavy (non-hydrogen) atoms. The summed E-state index contributed by atoms with van der Waals surface area (Å²) >= 11 is 0. The molecule has 4 aromatic rings. The van der Waals surface area contributed by atoms with Crippen LogP contribution < -0.4 is 10.5 Å².